The molecule has 3 aromatic heterocycles. The molecule has 73 heavy (non-hydrogen) atoms. The zero-order chi connectivity index (χ0) is 55.0. The van der Waals surface area contributed by atoms with Crippen molar-refractivity contribution < 1.29 is 44.3 Å². The number of aromatic nitrogens is 3. The molecule has 3 N–H and O–H groups in total. The van der Waals surface area contributed by atoms with E-state index in [1.54, 1.807) is 58.0 Å². The average Bonchev–Trinajstić information content (AvgIpc) is 3.60. The molecule has 0 saturated heterocycles. The van der Waals surface area contributed by atoms with Crippen LogP contribution < -0.4 is 4.90 Å². The molecule has 7 aromatic rings. The number of amides is 1. The second-order valence-electron chi connectivity index (χ2n) is 25.0. The Hall–Kier alpha value is -5.66. The number of halogens is 9. The topological polar surface area (TPSA) is 67.7 Å². The lowest BCUT2D eigenvalue weighted by atomic mass is 9.81. The fraction of sp³-hybridized carbons (Fsp3) is 0.475. The van der Waals surface area contributed by atoms with Crippen molar-refractivity contribution >= 4 is 44.3 Å². The predicted octanol–water partition coefficient (Wildman–Crippen LogP) is 18.1. The summed E-state index contributed by atoms with van der Waals surface area (Å²) in [6, 6.07) is 21.3. The second kappa shape index (κ2) is 18.9. The van der Waals surface area contributed by atoms with Crippen LogP contribution in [0, 0.1) is 0 Å². The summed E-state index contributed by atoms with van der Waals surface area (Å²) in [5.41, 5.74) is 6.64. The molecule has 396 valence electrons. The van der Waals surface area contributed by atoms with E-state index >= 15 is 0 Å². The summed E-state index contributed by atoms with van der Waals surface area (Å²) >= 11 is 0. The van der Waals surface area contributed by atoms with E-state index in [0.717, 1.165) is 46.7 Å². The van der Waals surface area contributed by atoms with Gasteiger partial charge < -0.3 is 19.9 Å². The number of carbonyl (C=O) groups excluding carboxylic acids is 1. The minimum atomic E-state index is -4.34. The molecule has 9 rings (SSSR count). The van der Waals surface area contributed by atoms with E-state index in [0.29, 0.717) is 32.8 Å². The van der Waals surface area contributed by atoms with Gasteiger partial charge in [-0.3, -0.25) is 4.79 Å². The third-order valence-corrected chi connectivity index (χ3v) is 13.8. The van der Waals surface area contributed by atoms with E-state index in [4.69, 9.17) is 0 Å². The Labute approximate surface area is 423 Å². The maximum absolute atomic E-state index is 13.4. The Kier molecular flexibility index (Phi) is 14.7. The number of benzene rings is 4. The summed E-state index contributed by atoms with van der Waals surface area (Å²) < 4.78 is 116. The van der Waals surface area contributed by atoms with Crippen molar-refractivity contribution in [3.8, 4) is 0 Å². The smallest absolute Gasteiger partial charge is 0.361 e. The summed E-state index contributed by atoms with van der Waals surface area (Å²) in [6.45, 7) is 32.8. The lowest BCUT2D eigenvalue weighted by molar-refractivity contribution is -0.141. The summed E-state index contributed by atoms with van der Waals surface area (Å²) in [5, 5.41) is 1.47. The Morgan fingerprint density at radius 3 is 1.41 bits per heavy atom. The minimum Gasteiger partial charge on any atom is -0.361 e. The van der Waals surface area contributed by atoms with E-state index in [2.05, 4.69) is 53.9 Å². The van der Waals surface area contributed by atoms with Crippen molar-refractivity contribution in [1.82, 2.24) is 15.0 Å². The number of fused-ring (bicyclic) bond motifs is 5. The number of alkyl halides is 9. The van der Waals surface area contributed by atoms with Crippen LogP contribution in [0.4, 0.5) is 45.2 Å². The van der Waals surface area contributed by atoms with Crippen LogP contribution >= 0.6 is 0 Å². The van der Waals surface area contributed by atoms with Crippen LogP contribution in [0.15, 0.2) is 85.2 Å². The lowest BCUT2D eigenvalue weighted by Crippen LogP contribution is -2.29. The highest BCUT2D eigenvalue weighted by Crippen LogP contribution is 2.57. The van der Waals surface area contributed by atoms with Gasteiger partial charge in [-0.2, -0.15) is 39.5 Å². The van der Waals surface area contributed by atoms with E-state index < -0.39 is 40.8 Å². The third kappa shape index (κ3) is 12.7. The van der Waals surface area contributed by atoms with Gasteiger partial charge in [0, 0.05) is 69.7 Å². The highest BCUT2D eigenvalue weighted by Gasteiger charge is 2.52. The number of hydrogen-bond donors (Lipinski definition) is 3. The number of aromatic amines is 3. The van der Waals surface area contributed by atoms with Crippen LogP contribution in [0.2, 0.25) is 0 Å². The maximum Gasteiger partial charge on any atom is 0.431 e. The molecule has 2 aliphatic rings. The summed E-state index contributed by atoms with van der Waals surface area (Å²) in [4.78, 5) is 22.0. The molecule has 1 aliphatic heterocycles. The Morgan fingerprint density at radius 2 is 0.945 bits per heavy atom. The number of anilines is 1. The van der Waals surface area contributed by atoms with Gasteiger partial charge in [0.2, 0.25) is 5.91 Å². The predicted molar refractivity (Wildman–Crippen MR) is 279 cm³/mol. The van der Waals surface area contributed by atoms with Crippen LogP contribution in [0.1, 0.15) is 174 Å². The lowest BCUT2D eigenvalue weighted by Gasteiger charge is -2.25. The van der Waals surface area contributed by atoms with Crippen molar-refractivity contribution in [2.45, 2.75) is 175 Å². The van der Waals surface area contributed by atoms with Crippen molar-refractivity contribution in [2.75, 3.05) is 11.4 Å². The zero-order valence-corrected chi connectivity index (χ0v) is 45.0. The fourth-order valence-electron chi connectivity index (χ4n) is 9.22. The molecule has 1 fully saturated rings. The minimum absolute atomic E-state index is 0.0717. The molecule has 0 atom stereocenters. The summed E-state index contributed by atoms with van der Waals surface area (Å²) in [7, 11) is 0. The number of carbonyl (C=O) groups is 1. The molecule has 1 aliphatic carbocycles. The van der Waals surface area contributed by atoms with Gasteiger partial charge >= 0.3 is 18.5 Å². The molecular formula is C59H71F9N4O. The van der Waals surface area contributed by atoms with Crippen LogP contribution in [0.25, 0.3) is 32.7 Å². The van der Waals surface area contributed by atoms with Crippen LogP contribution in [-0.4, -0.2) is 27.4 Å². The number of nitrogens with one attached hydrogen (secondary N) is 3. The Balaban J connectivity index is 0.000000159. The molecule has 1 spiro atoms. The summed E-state index contributed by atoms with van der Waals surface area (Å²) in [6.07, 6.45) is -7.66. The van der Waals surface area contributed by atoms with Gasteiger partial charge in [0.05, 0.1) is 11.1 Å². The number of H-pyrrole nitrogens is 3. The molecular weight excluding hydrogens is 952 g/mol. The van der Waals surface area contributed by atoms with E-state index in [1.165, 1.54) is 36.1 Å². The van der Waals surface area contributed by atoms with E-state index in [1.807, 2.05) is 79.5 Å². The monoisotopic (exact) mass is 1020 g/mol. The van der Waals surface area contributed by atoms with Crippen LogP contribution in [-0.2, 0) is 55.8 Å². The summed E-state index contributed by atoms with van der Waals surface area (Å²) in [5.74, 6) is 0.172. The first-order chi connectivity index (χ1) is 33.0. The van der Waals surface area contributed by atoms with Crippen LogP contribution in [0.3, 0.4) is 0 Å². The molecule has 0 radical (unpaired) electrons. The van der Waals surface area contributed by atoms with Crippen molar-refractivity contribution in [3.05, 3.63) is 135 Å². The molecule has 5 nitrogen and oxygen atoms in total. The maximum atomic E-state index is 13.4. The van der Waals surface area contributed by atoms with Gasteiger partial charge in [0.1, 0.15) is 5.69 Å². The van der Waals surface area contributed by atoms with Crippen LogP contribution in [0.5, 0.6) is 0 Å². The SMILES string of the molecule is CC(=O)N1CC2(CC2)c2ccc(C(C)(C)C)cc21.CC(C)(C)c1cc2[nH]cc(C(C)(C)C)c2cc1C(F)(F)F.CC(C)(C)c1ccc2c(C(F)(F)F)c[nH]c2c1.CC(C)(C)c1ccc2cc(C(F)(F)F)[nH]c2c1. The number of hydrogen-bond acceptors (Lipinski definition) is 1. The molecule has 1 amide bonds. The van der Waals surface area contributed by atoms with Gasteiger partial charge in [-0.05, 0) is 110 Å². The standard InChI is InChI=1S/C17H22F3N.C16H21NO.2C13H14F3N/c1-15(2,3)11-8-14-10(7-12(11)17(18,19)20)13(9-21-14)16(4,5)6;1-11(18)17-10-16(7-8-16)13-6-5-12(9-14(13)17)15(2,3)4;1-12(2,3)8-4-5-9-10(13(14,15)16)7-17-11(9)6-8;1-12(2,3)9-5-4-8-6-11(13(14,15)16)17-10(8)7-9/h7-9,21H,1-6H3;5-6,9H,7-8,10H2,1-4H3;2*4-7,17H,1-3H3. The Bertz CT molecular complexity index is 3080. The first kappa shape index (κ1) is 56.6. The molecule has 4 aromatic carbocycles. The highest BCUT2D eigenvalue weighted by molar-refractivity contribution is 5.95. The van der Waals surface area contributed by atoms with Crippen molar-refractivity contribution in [1.29, 1.82) is 0 Å². The van der Waals surface area contributed by atoms with Crippen molar-refractivity contribution in [3.63, 3.8) is 0 Å². The highest BCUT2D eigenvalue weighted by atomic mass is 19.4. The quantitative estimate of drug-likeness (QED) is 0.130. The zero-order valence-electron chi connectivity index (χ0n) is 45.0. The normalized spacial score (nSPS) is 15.2. The molecule has 0 unspecified atom stereocenters. The van der Waals surface area contributed by atoms with Crippen molar-refractivity contribution in [2.24, 2.45) is 0 Å². The molecule has 1 saturated carbocycles. The van der Waals surface area contributed by atoms with Gasteiger partial charge in [0.25, 0.3) is 0 Å². The fourth-order valence-corrected chi connectivity index (χ4v) is 9.22. The third-order valence-electron chi connectivity index (χ3n) is 13.8. The van der Waals surface area contributed by atoms with Gasteiger partial charge in [0.15, 0.2) is 0 Å². The first-order valence-electron chi connectivity index (χ1n) is 24.6. The van der Waals surface area contributed by atoms with Gasteiger partial charge in [-0.25, -0.2) is 0 Å². The van der Waals surface area contributed by atoms with E-state index in [9.17, 15) is 44.3 Å². The molecule has 14 heteroatoms. The largest absolute Gasteiger partial charge is 0.431 e. The van der Waals surface area contributed by atoms with Gasteiger partial charge in [-0.1, -0.05) is 140 Å². The number of nitrogens with zero attached hydrogens (tertiary/aromatic N) is 1. The Morgan fingerprint density at radius 1 is 0.479 bits per heavy atom. The molecule has 0 bridgehead atoms. The number of rotatable bonds is 0. The second-order valence-corrected chi connectivity index (χ2v) is 25.0. The van der Waals surface area contributed by atoms with E-state index in [-0.39, 0.29) is 33.0 Å². The average molecular weight is 1020 g/mol. The van der Waals surface area contributed by atoms with Gasteiger partial charge in [-0.15, -0.1) is 0 Å². The first-order valence-corrected chi connectivity index (χ1v) is 24.6. The molecule has 4 heterocycles.